The van der Waals surface area contributed by atoms with Gasteiger partial charge >= 0.3 is 0 Å². The molecule has 0 amide bonds. The lowest BCUT2D eigenvalue weighted by molar-refractivity contribution is 0.477. The zero-order chi connectivity index (χ0) is 14.5. The van der Waals surface area contributed by atoms with Crippen molar-refractivity contribution in [2.75, 3.05) is 0 Å². The molecule has 4 heteroatoms. The Hall–Kier alpha value is -1.32. The Kier molecular flexibility index (Phi) is 5.21. The van der Waals surface area contributed by atoms with E-state index in [0.29, 0.717) is 6.04 Å². The van der Waals surface area contributed by atoms with E-state index < -0.39 is 0 Å². The molecule has 0 bridgehead atoms. The second-order valence-corrected chi connectivity index (χ2v) is 5.62. The summed E-state index contributed by atoms with van der Waals surface area (Å²) in [7, 11) is 0. The van der Waals surface area contributed by atoms with Crippen molar-refractivity contribution in [2.24, 2.45) is 0 Å². The van der Waals surface area contributed by atoms with Crippen LogP contribution in [0.25, 0.3) is 0 Å². The Balaban J connectivity index is 1.94. The molecule has 1 aromatic heterocycles. The standard InChI is InChI=1S/C16H22ClN3/c1-4-20-11-15(10-18-20)13(3)19-12(2)9-14-7-5-6-8-16(14)17/h5-8,10-13,19H,4,9H2,1-3H3. The topological polar surface area (TPSA) is 29.9 Å². The van der Waals surface area contributed by atoms with Gasteiger partial charge in [-0.05, 0) is 38.8 Å². The van der Waals surface area contributed by atoms with E-state index in [9.17, 15) is 0 Å². The Labute approximate surface area is 126 Å². The largest absolute Gasteiger partial charge is 0.307 e. The van der Waals surface area contributed by atoms with Gasteiger partial charge in [-0.2, -0.15) is 5.10 Å². The maximum atomic E-state index is 6.20. The van der Waals surface area contributed by atoms with Gasteiger partial charge in [0.05, 0.1) is 6.20 Å². The van der Waals surface area contributed by atoms with Crippen LogP contribution in [-0.2, 0) is 13.0 Å². The monoisotopic (exact) mass is 291 g/mol. The Morgan fingerprint density at radius 1 is 1.30 bits per heavy atom. The van der Waals surface area contributed by atoms with E-state index in [-0.39, 0.29) is 6.04 Å². The van der Waals surface area contributed by atoms with Crippen LogP contribution in [0.15, 0.2) is 36.7 Å². The summed E-state index contributed by atoms with van der Waals surface area (Å²) in [4.78, 5) is 0. The van der Waals surface area contributed by atoms with Crippen molar-refractivity contribution in [3.8, 4) is 0 Å². The van der Waals surface area contributed by atoms with E-state index in [1.807, 2.05) is 29.1 Å². The van der Waals surface area contributed by atoms with Crippen LogP contribution in [0.3, 0.4) is 0 Å². The summed E-state index contributed by atoms with van der Waals surface area (Å²) < 4.78 is 1.95. The molecule has 1 N–H and O–H groups in total. The van der Waals surface area contributed by atoms with Crippen molar-refractivity contribution >= 4 is 11.6 Å². The van der Waals surface area contributed by atoms with Gasteiger partial charge in [0.25, 0.3) is 0 Å². The maximum absolute atomic E-state index is 6.20. The molecule has 1 heterocycles. The van der Waals surface area contributed by atoms with Crippen LogP contribution in [0.5, 0.6) is 0 Å². The van der Waals surface area contributed by atoms with Crippen molar-refractivity contribution < 1.29 is 0 Å². The van der Waals surface area contributed by atoms with Crippen molar-refractivity contribution in [3.63, 3.8) is 0 Å². The summed E-state index contributed by atoms with van der Waals surface area (Å²) >= 11 is 6.20. The van der Waals surface area contributed by atoms with Crippen molar-refractivity contribution in [2.45, 2.75) is 45.8 Å². The Bertz CT molecular complexity index is 550. The van der Waals surface area contributed by atoms with Gasteiger partial charge in [0.1, 0.15) is 0 Å². The average Bonchev–Trinajstić information content (AvgIpc) is 2.90. The summed E-state index contributed by atoms with van der Waals surface area (Å²) in [5.74, 6) is 0. The quantitative estimate of drug-likeness (QED) is 0.876. The molecule has 108 valence electrons. The second-order valence-electron chi connectivity index (χ2n) is 5.21. The van der Waals surface area contributed by atoms with Crippen molar-refractivity contribution in [1.82, 2.24) is 15.1 Å². The van der Waals surface area contributed by atoms with E-state index in [0.717, 1.165) is 18.0 Å². The highest BCUT2D eigenvalue weighted by molar-refractivity contribution is 6.31. The fraction of sp³-hybridized carbons (Fsp3) is 0.438. The summed E-state index contributed by atoms with van der Waals surface area (Å²) in [6, 6.07) is 8.66. The number of aryl methyl sites for hydroxylation is 1. The third kappa shape index (κ3) is 3.84. The number of hydrogen-bond acceptors (Lipinski definition) is 2. The van der Waals surface area contributed by atoms with Gasteiger partial charge < -0.3 is 5.32 Å². The van der Waals surface area contributed by atoms with E-state index >= 15 is 0 Å². The van der Waals surface area contributed by atoms with Crippen LogP contribution in [0.4, 0.5) is 0 Å². The van der Waals surface area contributed by atoms with Crippen LogP contribution < -0.4 is 5.32 Å². The zero-order valence-electron chi connectivity index (χ0n) is 12.3. The molecule has 2 atom stereocenters. The first-order valence-electron chi connectivity index (χ1n) is 7.12. The Morgan fingerprint density at radius 2 is 2.05 bits per heavy atom. The van der Waals surface area contributed by atoms with Gasteiger partial charge in [0, 0.05) is 35.4 Å². The van der Waals surface area contributed by atoms with Gasteiger partial charge in [-0.1, -0.05) is 29.8 Å². The molecular weight excluding hydrogens is 270 g/mol. The second kappa shape index (κ2) is 6.91. The number of hydrogen-bond donors (Lipinski definition) is 1. The number of aromatic nitrogens is 2. The third-order valence-corrected chi connectivity index (χ3v) is 3.86. The lowest BCUT2D eigenvalue weighted by Crippen LogP contribution is -2.30. The minimum Gasteiger partial charge on any atom is -0.307 e. The SMILES string of the molecule is CCn1cc(C(C)NC(C)Cc2ccccc2Cl)cn1. The molecule has 0 saturated carbocycles. The smallest absolute Gasteiger partial charge is 0.0537 e. The fourth-order valence-electron chi connectivity index (χ4n) is 2.35. The van der Waals surface area contributed by atoms with E-state index in [2.05, 4.69) is 43.4 Å². The van der Waals surface area contributed by atoms with E-state index in [1.54, 1.807) is 0 Å². The zero-order valence-corrected chi connectivity index (χ0v) is 13.1. The maximum Gasteiger partial charge on any atom is 0.0537 e. The molecule has 1 aromatic carbocycles. The van der Waals surface area contributed by atoms with Crippen LogP contribution in [0.2, 0.25) is 5.02 Å². The number of halogens is 1. The molecule has 0 aliphatic rings. The number of benzene rings is 1. The molecule has 20 heavy (non-hydrogen) atoms. The van der Waals surface area contributed by atoms with Gasteiger partial charge in [-0.15, -0.1) is 0 Å². The predicted molar refractivity (Wildman–Crippen MR) is 84.1 cm³/mol. The van der Waals surface area contributed by atoms with E-state index in [1.165, 1.54) is 11.1 Å². The first-order chi connectivity index (χ1) is 9.60. The molecule has 2 aromatic rings. The molecule has 0 radical (unpaired) electrons. The highest BCUT2D eigenvalue weighted by Gasteiger charge is 2.12. The van der Waals surface area contributed by atoms with Gasteiger partial charge in [0.2, 0.25) is 0 Å². The van der Waals surface area contributed by atoms with Crippen LogP contribution in [0, 0.1) is 0 Å². The summed E-state index contributed by atoms with van der Waals surface area (Å²) in [5.41, 5.74) is 2.41. The number of nitrogens with zero attached hydrogens (tertiary/aromatic N) is 2. The van der Waals surface area contributed by atoms with Crippen LogP contribution in [0.1, 0.15) is 37.9 Å². The molecule has 0 aliphatic heterocycles. The molecular formula is C16H22ClN3. The van der Waals surface area contributed by atoms with Gasteiger partial charge in [-0.3, -0.25) is 4.68 Å². The average molecular weight is 292 g/mol. The molecule has 0 saturated heterocycles. The lowest BCUT2D eigenvalue weighted by atomic mass is 10.1. The fourth-order valence-corrected chi connectivity index (χ4v) is 2.56. The molecule has 3 nitrogen and oxygen atoms in total. The predicted octanol–water partition coefficient (Wildman–Crippen LogP) is 3.84. The normalized spacial score (nSPS) is 14.2. The Morgan fingerprint density at radius 3 is 2.70 bits per heavy atom. The van der Waals surface area contributed by atoms with Crippen LogP contribution >= 0.6 is 11.6 Å². The third-order valence-electron chi connectivity index (χ3n) is 3.50. The number of nitrogens with one attached hydrogen (secondary N) is 1. The molecule has 0 spiro atoms. The number of rotatable bonds is 6. The summed E-state index contributed by atoms with van der Waals surface area (Å²) in [6.07, 6.45) is 4.95. The van der Waals surface area contributed by atoms with Gasteiger partial charge in [0.15, 0.2) is 0 Å². The first-order valence-corrected chi connectivity index (χ1v) is 7.49. The minimum atomic E-state index is 0.285. The summed E-state index contributed by atoms with van der Waals surface area (Å²) in [6.45, 7) is 7.35. The molecule has 2 unspecified atom stereocenters. The van der Waals surface area contributed by atoms with Crippen molar-refractivity contribution in [3.05, 3.63) is 52.8 Å². The lowest BCUT2D eigenvalue weighted by Gasteiger charge is -2.19. The van der Waals surface area contributed by atoms with Crippen LogP contribution in [-0.4, -0.2) is 15.8 Å². The highest BCUT2D eigenvalue weighted by Crippen LogP contribution is 2.18. The van der Waals surface area contributed by atoms with E-state index in [4.69, 9.17) is 11.6 Å². The first kappa shape index (κ1) is 15.1. The molecule has 0 aliphatic carbocycles. The molecule has 0 fully saturated rings. The van der Waals surface area contributed by atoms with Gasteiger partial charge in [-0.25, -0.2) is 0 Å². The summed E-state index contributed by atoms with van der Waals surface area (Å²) in [5, 5.41) is 8.75. The highest BCUT2D eigenvalue weighted by atomic mass is 35.5. The molecule has 2 rings (SSSR count). The van der Waals surface area contributed by atoms with Crippen molar-refractivity contribution in [1.29, 1.82) is 0 Å². The minimum absolute atomic E-state index is 0.285.